The van der Waals surface area contributed by atoms with Crippen LogP contribution in [0.3, 0.4) is 0 Å². The molecule has 0 fully saturated rings. The van der Waals surface area contributed by atoms with Crippen LogP contribution in [0.2, 0.25) is 0 Å². The van der Waals surface area contributed by atoms with Crippen molar-refractivity contribution >= 4 is 23.9 Å². The van der Waals surface area contributed by atoms with Crippen LogP contribution in [-0.2, 0) is 16.0 Å². The van der Waals surface area contributed by atoms with Gasteiger partial charge in [0.2, 0.25) is 0 Å². The van der Waals surface area contributed by atoms with Crippen LogP contribution >= 0.6 is 0 Å². The number of carbonyl (C=O) groups is 3. The molecule has 8 heteroatoms. The third-order valence-corrected chi connectivity index (χ3v) is 4.30. The third kappa shape index (κ3) is 6.14. The average Bonchev–Trinajstić information content (AvgIpc) is 3.30. The molecule has 3 aromatic rings. The van der Waals surface area contributed by atoms with Gasteiger partial charge in [0.15, 0.2) is 5.76 Å². The molecule has 1 atom stereocenters. The Hall–Kier alpha value is -4.20. The fraction of sp³-hybridized carbons (Fsp3) is 0.0870. The van der Waals surface area contributed by atoms with E-state index in [0.29, 0.717) is 5.56 Å². The first-order valence-electron chi connectivity index (χ1n) is 9.32. The van der Waals surface area contributed by atoms with E-state index in [9.17, 15) is 23.9 Å². The molecule has 7 nitrogen and oxygen atoms in total. The number of furan rings is 1. The van der Waals surface area contributed by atoms with E-state index in [0.717, 1.165) is 5.56 Å². The zero-order chi connectivity index (χ0) is 22.2. The lowest BCUT2D eigenvalue weighted by Crippen LogP contribution is -2.45. The summed E-state index contributed by atoms with van der Waals surface area (Å²) in [6.07, 6.45) is 2.67. The number of rotatable bonds is 8. The summed E-state index contributed by atoms with van der Waals surface area (Å²) in [6, 6.07) is 15.7. The normalized spacial score (nSPS) is 12.1. The zero-order valence-corrected chi connectivity index (χ0v) is 16.2. The number of carbonyl (C=O) groups excluding carboxylic acids is 2. The lowest BCUT2D eigenvalue weighted by Gasteiger charge is -2.16. The van der Waals surface area contributed by atoms with Crippen molar-refractivity contribution in [2.75, 3.05) is 0 Å². The summed E-state index contributed by atoms with van der Waals surface area (Å²) in [5.41, 5.74) is 0.937. The minimum atomic E-state index is -1.23. The van der Waals surface area contributed by atoms with Gasteiger partial charge in [0.25, 0.3) is 11.8 Å². The SMILES string of the molecule is O=C(N[C@H](Cc1ccccc1)C(=O)O)/C(=C\c1ccc(F)cc1)NC(=O)c1ccco1. The topological polar surface area (TPSA) is 109 Å². The van der Waals surface area contributed by atoms with Gasteiger partial charge in [-0.15, -0.1) is 0 Å². The summed E-state index contributed by atoms with van der Waals surface area (Å²) in [7, 11) is 0. The Labute approximate surface area is 177 Å². The highest BCUT2D eigenvalue weighted by atomic mass is 19.1. The molecule has 158 valence electrons. The predicted molar refractivity (Wildman–Crippen MR) is 110 cm³/mol. The van der Waals surface area contributed by atoms with E-state index in [1.54, 1.807) is 30.3 Å². The standard InChI is InChI=1S/C23H19FN2O5/c24-17-10-8-16(9-11-17)13-18(25-22(28)20-7-4-12-31-20)21(27)26-19(23(29)30)14-15-5-2-1-3-6-15/h1-13,19H,14H2,(H,25,28)(H,26,27)(H,29,30)/b18-13+/t19-/m1/s1. The Morgan fingerprint density at radius 1 is 1.00 bits per heavy atom. The maximum absolute atomic E-state index is 13.2. The van der Waals surface area contributed by atoms with Crippen LogP contribution in [0, 0.1) is 5.82 Å². The third-order valence-electron chi connectivity index (χ3n) is 4.30. The highest BCUT2D eigenvalue weighted by molar-refractivity contribution is 6.05. The quantitative estimate of drug-likeness (QED) is 0.484. The van der Waals surface area contributed by atoms with Crippen LogP contribution in [0.1, 0.15) is 21.7 Å². The number of carboxylic acid groups (broad SMARTS) is 1. The fourth-order valence-electron chi connectivity index (χ4n) is 2.76. The van der Waals surface area contributed by atoms with Gasteiger partial charge in [0.1, 0.15) is 17.6 Å². The van der Waals surface area contributed by atoms with E-state index < -0.39 is 29.6 Å². The van der Waals surface area contributed by atoms with Crippen molar-refractivity contribution in [3.63, 3.8) is 0 Å². The van der Waals surface area contributed by atoms with Gasteiger partial charge in [-0.2, -0.15) is 0 Å². The van der Waals surface area contributed by atoms with E-state index in [4.69, 9.17) is 4.42 Å². The molecular weight excluding hydrogens is 403 g/mol. The molecule has 0 unspecified atom stereocenters. The van der Waals surface area contributed by atoms with Crippen molar-refractivity contribution in [1.82, 2.24) is 10.6 Å². The molecule has 0 bridgehead atoms. The minimum Gasteiger partial charge on any atom is -0.480 e. The van der Waals surface area contributed by atoms with Gasteiger partial charge in [-0.1, -0.05) is 42.5 Å². The van der Waals surface area contributed by atoms with Gasteiger partial charge in [-0.3, -0.25) is 9.59 Å². The predicted octanol–water partition coefficient (Wildman–Crippen LogP) is 3.00. The molecule has 0 saturated heterocycles. The second-order valence-electron chi connectivity index (χ2n) is 6.59. The summed E-state index contributed by atoms with van der Waals surface area (Å²) in [4.78, 5) is 36.9. The van der Waals surface area contributed by atoms with Crippen molar-refractivity contribution in [3.8, 4) is 0 Å². The van der Waals surface area contributed by atoms with Gasteiger partial charge in [-0.05, 0) is 41.5 Å². The van der Waals surface area contributed by atoms with Crippen molar-refractivity contribution in [2.45, 2.75) is 12.5 Å². The van der Waals surface area contributed by atoms with Crippen molar-refractivity contribution in [3.05, 3.63) is 101 Å². The second kappa shape index (κ2) is 10.0. The highest BCUT2D eigenvalue weighted by Crippen LogP contribution is 2.10. The van der Waals surface area contributed by atoms with Crippen LogP contribution in [0.25, 0.3) is 6.08 Å². The number of amides is 2. The molecule has 3 rings (SSSR count). The largest absolute Gasteiger partial charge is 0.480 e. The number of halogens is 1. The van der Waals surface area contributed by atoms with E-state index in [1.807, 2.05) is 0 Å². The first-order valence-corrected chi connectivity index (χ1v) is 9.32. The summed E-state index contributed by atoms with van der Waals surface area (Å²) in [5, 5.41) is 14.4. The molecule has 0 spiro atoms. The summed E-state index contributed by atoms with van der Waals surface area (Å²) < 4.78 is 18.2. The molecule has 2 aromatic carbocycles. The molecule has 3 N–H and O–H groups in total. The number of benzene rings is 2. The molecule has 2 amide bonds. The number of hydrogen-bond acceptors (Lipinski definition) is 4. The molecule has 1 aromatic heterocycles. The average molecular weight is 422 g/mol. The van der Waals surface area contributed by atoms with E-state index >= 15 is 0 Å². The molecule has 0 radical (unpaired) electrons. The summed E-state index contributed by atoms with van der Waals surface area (Å²) in [5.74, 6) is -3.22. The maximum Gasteiger partial charge on any atom is 0.326 e. The monoisotopic (exact) mass is 422 g/mol. The Balaban J connectivity index is 1.83. The molecule has 0 aliphatic rings. The Bertz CT molecular complexity index is 1080. The minimum absolute atomic E-state index is 0.0307. The van der Waals surface area contributed by atoms with Crippen LogP contribution < -0.4 is 10.6 Å². The Kier molecular flexibility index (Phi) is 6.95. The van der Waals surface area contributed by atoms with Gasteiger partial charge < -0.3 is 20.2 Å². The highest BCUT2D eigenvalue weighted by Gasteiger charge is 2.24. The second-order valence-corrected chi connectivity index (χ2v) is 6.59. The summed E-state index contributed by atoms with van der Waals surface area (Å²) >= 11 is 0. The van der Waals surface area contributed by atoms with E-state index in [2.05, 4.69) is 10.6 Å². The number of nitrogens with one attached hydrogen (secondary N) is 2. The number of hydrogen-bond donors (Lipinski definition) is 3. The van der Waals surface area contributed by atoms with Gasteiger partial charge in [-0.25, -0.2) is 9.18 Å². The molecule has 1 heterocycles. The maximum atomic E-state index is 13.2. The number of aliphatic carboxylic acids is 1. The fourth-order valence-corrected chi connectivity index (χ4v) is 2.76. The zero-order valence-electron chi connectivity index (χ0n) is 16.2. The lowest BCUT2D eigenvalue weighted by molar-refractivity contribution is -0.141. The van der Waals surface area contributed by atoms with E-state index in [-0.39, 0.29) is 17.9 Å². The lowest BCUT2D eigenvalue weighted by atomic mass is 10.1. The molecule has 0 aliphatic heterocycles. The van der Waals surface area contributed by atoms with Gasteiger partial charge in [0.05, 0.1) is 6.26 Å². The number of carboxylic acids is 1. The smallest absolute Gasteiger partial charge is 0.326 e. The Morgan fingerprint density at radius 3 is 2.32 bits per heavy atom. The molecule has 0 saturated carbocycles. The molecular formula is C23H19FN2O5. The summed E-state index contributed by atoms with van der Waals surface area (Å²) in [6.45, 7) is 0. The van der Waals surface area contributed by atoms with Crippen LogP contribution in [0.15, 0.2) is 83.1 Å². The van der Waals surface area contributed by atoms with Crippen LogP contribution in [0.5, 0.6) is 0 Å². The van der Waals surface area contributed by atoms with Crippen molar-refractivity contribution in [2.24, 2.45) is 0 Å². The Morgan fingerprint density at radius 2 is 1.71 bits per heavy atom. The van der Waals surface area contributed by atoms with Crippen molar-refractivity contribution < 1.29 is 28.3 Å². The van der Waals surface area contributed by atoms with Crippen LogP contribution in [0.4, 0.5) is 4.39 Å². The van der Waals surface area contributed by atoms with Gasteiger partial charge in [0, 0.05) is 6.42 Å². The first kappa shape index (κ1) is 21.5. The molecule has 31 heavy (non-hydrogen) atoms. The first-order chi connectivity index (χ1) is 14.9. The molecule has 0 aliphatic carbocycles. The van der Waals surface area contributed by atoms with Gasteiger partial charge >= 0.3 is 5.97 Å². The van der Waals surface area contributed by atoms with E-state index in [1.165, 1.54) is 48.7 Å². The van der Waals surface area contributed by atoms with Crippen LogP contribution in [-0.4, -0.2) is 28.9 Å². The van der Waals surface area contributed by atoms with Crippen molar-refractivity contribution in [1.29, 1.82) is 0 Å².